The summed E-state index contributed by atoms with van der Waals surface area (Å²) in [6.07, 6.45) is 0. The molecule has 0 aliphatic carbocycles. The third-order valence-electron chi connectivity index (χ3n) is 4.81. The first-order valence-corrected chi connectivity index (χ1v) is 9.90. The maximum Gasteiger partial charge on any atom is 0.195 e. The van der Waals surface area contributed by atoms with Gasteiger partial charge in [0, 0.05) is 26.1 Å². The van der Waals surface area contributed by atoms with Crippen molar-refractivity contribution in [3.05, 3.63) is 77.9 Å². The van der Waals surface area contributed by atoms with Crippen LogP contribution in [0.3, 0.4) is 0 Å². The zero-order valence-electron chi connectivity index (χ0n) is 16.4. The molecule has 29 heavy (non-hydrogen) atoms. The number of hydrogen-bond donors (Lipinski definition) is 0. The molecule has 0 saturated carbocycles. The van der Waals surface area contributed by atoms with Crippen LogP contribution in [0.15, 0.2) is 66.7 Å². The minimum absolute atomic E-state index is 0.0360. The molecular formula is C24H20O4S. The SMILES string of the molecule is COc1ccc(-c2sc3cc(OC)ccc3c2C(=O)c2cccc(OC)c2)cc1. The van der Waals surface area contributed by atoms with E-state index in [1.54, 1.807) is 38.7 Å². The molecule has 0 aliphatic rings. The molecule has 4 nitrogen and oxygen atoms in total. The molecule has 5 heteroatoms. The number of rotatable bonds is 6. The van der Waals surface area contributed by atoms with Gasteiger partial charge in [-0.05, 0) is 60.2 Å². The molecule has 146 valence electrons. The Morgan fingerprint density at radius 1 is 0.759 bits per heavy atom. The Hall–Kier alpha value is -3.31. The van der Waals surface area contributed by atoms with Crippen LogP contribution in [-0.4, -0.2) is 27.1 Å². The molecule has 4 rings (SSSR count). The van der Waals surface area contributed by atoms with E-state index in [9.17, 15) is 4.79 Å². The van der Waals surface area contributed by atoms with E-state index in [2.05, 4.69) is 0 Å². The van der Waals surface area contributed by atoms with Crippen LogP contribution >= 0.6 is 11.3 Å². The Morgan fingerprint density at radius 2 is 1.41 bits per heavy atom. The number of thiophene rings is 1. The maximum absolute atomic E-state index is 13.6. The lowest BCUT2D eigenvalue weighted by atomic mass is 9.97. The number of fused-ring (bicyclic) bond motifs is 1. The van der Waals surface area contributed by atoms with Gasteiger partial charge in [-0.25, -0.2) is 0 Å². The quantitative estimate of drug-likeness (QED) is 0.380. The molecule has 0 saturated heterocycles. The van der Waals surface area contributed by atoms with Crippen molar-refractivity contribution >= 4 is 27.2 Å². The molecule has 4 aromatic rings. The van der Waals surface area contributed by atoms with Crippen molar-refractivity contribution < 1.29 is 19.0 Å². The number of methoxy groups -OCH3 is 3. The lowest BCUT2D eigenvalue weighted by molar-refractivity contribution is 0.104. The van der Waals surface area contributed by atoms with Gasteiger partial charge >= 0.3 is 0 Å². The summed E-state index contributed by atoms with van der Waals surface area (Å²) in [6.45, 7) is 0. The van der Waals surface area contributed by atoms with Gasteiger partial charge in [0.2, 0.25) is 0 Å². The predicted octanol–water partition coefficient (Wildman–Crippen LogP) is 5.83. The summed E-state index contributed by atoms with van der Waals surface area (Å²) in [4.78, 5) is 14.5. The highest BCUT2D eigenvalue weighted by molar-refractivity contribution is 7.22. The Bertz CT molecular complexity index is 1180. The van der Waals surface area contributed by atoms with Crippen molar-refractivity contribution in [2.24, 2.45) is 0 Å². The number of carbonyl (C=O) groups excluding carboxylic acids is 1. The van der Waals surface area contributed by atoms with Crippen molar-refractivity contribution in [3.63, 3.8) is 0 Å². The fourth-order valence-electron chi connectivity index (χ4n) is 3.28. The second-order valence-corrected chi connectivity index (χ2v) is 7.51. The van der Waals surface area contributed by atoms with E-state index in [4.69, 9.17) is 14.2 Å². The lowest BCUT2D eigenvalue weighted by Crippen LogP contribution is -2.02. The standard InChI is InChI=1S/C24H20O4S/c1-26-17-9-7-15(8-10-17)24-22(20-12-11-19(28-3)14-21(20)29-24)23(25)16-5-4-6-18(13-16)27-2/h4-14H,1-3H3. The van der Waals surface area contributed by atoms with Gasteiger partial charge in [0.1, 0.15) is 17.2 Å². The molecule has 3 aromatic carbocycles. The summed E-state index contributed by atoms with van der Waals surface area (Å²) < 4.78 is 16.9. The minimum atomic E-state index is -0.0360. The normalized spacial score (nSPS) is 10.7. The molecule has 0 atom stereocenters. The lowest BCUT2D eigenvalue weighted by Gasteiger charge is -2.07. The average Bonchev–Trinajstić information content (AvgIpc) is 3.17. The molecule has 0 bridgehead atoms. The number of benzene rings is 3. The number of ketones is 1. The zero-order chi connectivity index (χ0) is 20.4. The van der Waals surface area contributed by atoms with Crippen molar-refractivity contribution in [1.82, 2.24) is 0 Å². The minimum Gasteiger partial charge on any atom is -0.497 e. The van der Waals surface area contributed by atoms with E-state index >= 15 is 0 Å². The van der Waals surface area contributed by atoms with Gasteiger partial charge in [-0.3, -0.25) is 4.79 Å². The molecule has 0 fully saturated rings. The third kappa shape index (κ3) is 3.57. The number of ether oxygens (including phenoxy) is 3. The molecular weight excluding hydrogens is 384 g/mol. The van der Waals surface area contributed by atoms with Gasteiger partial charge in [0.25, 0.3) is 0 Å². The van der Waals surface area contributed by atoms with Crippen LogP contribution in [0.1, 0.15) is 15.9 Å². The fraction of sp³-hybridized carbons (Fsp3) is 0.125. The van der Waals surface area contributed by atoms with Gasteiger partial charge in [0.05, 0.1) is 21.3 Å². The van der Waals surface area contributed by atoms with Crippen LogP contribution < -0.4 is 14.2 Å². The first-order valence-electron chi connectivity index (χ1n) is 9.08. The predicted molar refractivity (Wildman–Crippen MR) is 117 cm³/mol. The Morgan fingerprint density at radius 3 is 2.10 bits per heavy atom. The van der Waals surface area contributed by atoms with Gasteiger partial charge in [-0.1, -0.05) is 12.1 Å². The van der Waals surface area contributed by atoms with Crippen molar-refractivity contribution in [1.29, 1.82) is 0 Å². The van der Waals surface area contributed by atoms with Crippen LogP contribution in [-0.2, 0) is 0 Å². The Kier molecular flexibility index (Phi) is 5.23. The monoisotopic (exact) mass is 404 g/mol. The molecule has 0 N–H and O–H groups in total. The van der Waals surface area contributed by atoms with Crippen LogP contribution in [0.2, 0.25) is 0 Å². The summed E-state index contributed by atoms with van der Waals surface area (Å²) in [5, 5.41) is 0.912. The van der Waals surface area contributed by atoms with E-state index in [0.29, 0.717) is 16.9 Å². The molecule has 0 aliphatic heterocycles. The molecule has 0 spiro atoms. The van der Waals surface area contributed by atoms with Crippen LogP contribution in [0.25, 0.3) is 20.5 Å². The molecule has 0 radical (unpaired) electrons. The van der Waals surface area contributed by atoms with Gasteiger partial charge in [0.15, 0.2) is 5.78 Å². The van der Waals surface area contributed by atoms with E-state index < -0.39 is 0 Å². The van der Waals surface area contributed by atoms with Crippen molar-refractivity contribution in [2.45, 2.75) is 0 Å². The first kappa shape index (κ1) is 19.0. The third-order valence-corrected chi connectivity index (χ3v) is 6.01. The van der Waals surface area contributed by atoms with Gasteiger partial charge in [-0.2, -0.15) is 0 Å². The topological polar surface area (TPSA) is 44.8 Å². The van der Waals surface area contributed by atoms with E-state index in [1.807, 2.05) is 60.7 Å². The molecule has 0 unspecified atom stereocenters. The highest BCUT2D eigenvalue weighted by Gasteiger charge is 2.22. The molecule has 1 aromatic heterocycles. The van der Waals surface area contributed by atoms with E-state index in [0.717, 1.165) is 32.0 Å². The van der Waals surface area contributed by atoms with Crippen molar-refractivity contribution in [2.75, 3.05) is 21.3 Å². The highest BCUT2D eigenvalue weighted by atomic mass is 32.1. The Labute approximate surface area is 173 Å². The fourth-order valence-corrected chi connectivity index (χ4v) is 4.52. The van der Waals surface area contributed by atoms with E-state index in [1.165, 1.54) is 0 Å². The summed E-state index contributed by atoms with van der Waals surface area (Å²) in [6, 6.07) is 20.8. The van der Waals surface area contributed by atoms with E-state index in [-0.39, 0.29) is 5.78 Å². The first-order chi connectivity index (χ1) is 14.1. The Balaban J connectivity index is 1.92. The van der Waals surface area contributed by atoms with Crippen LogP contribution in [0, 0.1) is 0 Å². The van der Waals surface area contributed by atoms with Gasteiger partial charge in [-0.15, -0.1) is 11.3 Å². The number of hydrogen-bond acceptors (Lipinski definition) is 5. The second-order valence-electron chi connectivity index (χ2n) is 6.46. The van der Waals surface area contributed by atoms with Crippen LogP contribution in [0.5, 0.6) is 17.2 Å². The van der Waals surface area contributed by atoms with Gasteiger partial charge < -0.3 is 14.2 Å². The molecule has 1 heterocycles. The average molecular weight is 404 g/mol. The summed E-state index contributed by atoms with van der Waals surface area (Å²) in [5.74, 6) is 2.16. The number of carbonyl (C=O) groups is 1. The maximum atomic E-state index is 13.6. The largest absolute Gasteiger partial charge is 0.497 e. The van der Waals surface area contributed by atoms with Crippen molar-refractivity contribution in [3.8, 4) is 27.7 Å². The summed E-state index contributed by atoms with van der Waals surface area (Å²) >= 11 is 1.58. The smallest absolute Gasteiger partial charge is 0.195 e. The molecule has 0 amide bonds. The summed E-state index contributed by atoms with van der Waals surface area (Å²) in [7, 11) is 4.87. The highest BCUT2D eigenvalue weighted by Crippen LogP contribution is 2.41. The van der Waals surface area contributed by atoms with Crippen LogP contribution in [0.4, 0.5) is 0 Å². The summed E-state index contributed by atoms with van der Waals surface area (Å²) in [5.41, 5.74) is 2.25. The second kappa shape index (κ2) is 7.97. The zero-order valence-corrected chi connectivity index (χ0v) is 17.2.